The number of nitrogens with zero attached hydrogens (tertiary/aromatic N) is 1. The lowest BCUT2D eigenvalue weighted by Crippen LogP contribution is -2.03. The highest BCUT2D eigenvalue weighted by molar-refractivity contribution is 5.90. The highest BCUT2D eigenvalue weighted by Crippen LogP contribution is 2.13. The number of ether oxygens (including phenoxy) is 1. The van der Waals surface area contributed by atoms with Crippen molar-refractivity contribution in [1.82, 2.24) is 0 Å². The predicted octanol–water partition coefficient (Wildman–Crippen LogP) is 4.28. The molecule has 2 aromatic rings. The Morgan fingerprint density at radius 1 is 1.10 bits per heavy atom. The van der Waals surface area contributed by atoms with Gasteiger partial charge in [-0.05, 0) is 42.8 Å². The van der Waals surface area contributed by atoms with E-state index in [1.807, 2.05) is 42.5 Å². The highest BCUT2D eigenvalue weighted by atomic mass is 16.5. The van der Waals surface area contributed by atoms with E-state index in [0.717, 1.165) is 11.3 Å². The normalized spacial score (nSPS) is 11.1. The molecule has 0 atom stereocenters. The van der Waals surface area contributed by atoms with E-state index in [-0.39, 0.29) is 5.97 Å². The van der Waals surface area contributed by atoms with Gasteiger partial charge in [-0.1, -0.05) is 36.4 Å². The fourth-order valence-electron chi connectivity index (χ4n) is 1.75. The van der Waals surface area contributed by atoms with Gasteiger partial charge in [0.1, 0.15) is 0 Å². The number of carbonyl (C=O) groups excluding carboxylic acids is 1. The molecule has 2 rings (SSSR count). The zero-order valence-electron chi connectivity index (χ0n) is 11.9. The molecule has 3 heteroatoms. The molecule has 3 nitrogen and oxygen atoms in total. The average Bonchev–Trinajstić information content (AvgIpc) is 2.53. The van der Waals surface area contributed by atoms with Crippen LogP contribution in [0.2, 0.25) is 0 Å². The summed E-state index contributed by atoms with van der Waals surface area (Å²) in [5.41, 5.74) is 2.46. The number of esters is 1. The number of hydrogen-bond acceptors (Lipinski definition) is 3. The zero-order chi connectivity index (χ0) is 14.9. The van der Waals surface area contributed by atoms with Crippen LogP contribution in [0.4, 0.5) is 5.69 Å². The third-order valence-corrected chi connectivity index (χ3v) is 2.78. The lowest BCUT2D eigenvalue weighted by Gasteiger charge is -2.01. The fraction of sp³-hybridized carbons (Fsp3) is 0.111. The van der Waals surface area contributed by atoms with Crippen molar-refractivity contribution in [1.29, 1.82) is 0 Å². The van der Waals surface area contributed by atoms with Gasteiger partial charge in [0.25, 0.3) is 0 Å². The minimum absolute atomic E-state index is 0.308. The summed E-state index contributed by atoms with van der Waals surface area (Å²) in [6.07, 6.45) is 5.59. The monoisotopic (exact) mass is 279 g/mol. The predicted molar refractivity (Wildman–Crippen MR) is 86.0 cm³/mol. The first kappa shape index (κ1) is 14.7. The van der Waals surface area contributed by atoms with Gasteiger partial charge in [-0.25, -0.2) is 4.79 Å². The van der Waals surface area contributed by atoms with Crippen molar-refractivity contribution in [3.63, 3.8) is 0 Å². The van der Waals surface area contributed by atoms with Crippen LogP contribution >= 0.6 is 0 Å². The molecule has 21 heavy (non-hydrogen) atoms. The van der Waals surface area contributed by atoms with Crippen LogP contribution in [0.5, 0.6) is 0 Å². The highest BCUT2D eigenvalue weighted by Gasteiger charge is 2.04. The summed E-state index contributed by atoms with van der Waals surface area (Å²) in [6.45, 7) is 2.17. The van der Waals surface area contributed by atoms with E-state index in [0.29, 0.717) is 12.2 Å². The molecule has 0 bridgehead atoms. The molecule has 0 saturated carbocycles. The Hall–Kier alpha value is -2.68. The van der Waals surface area contributed by atoms with Crippen LogP contribution < -0.4 is 0 Å². The molecule has 106 valence electrons. The van der Waals surface area contributed by atoms with Gasteiger partial charge < -0.3 is 4.74 Å². The summed E-state index contributed by atoms with van der Waals surface area (Å²) >= 11 is 0. The number of hydrogen-bond donors (Lipinski definition) is 0. The number of allylic oxidation sites excluding steroid dienone is 1. The Kier molecular flexibility index (Phi) is 5.47. The summed E-state index contributed by atoms with van der Waals surface area (Å²) in [5.74, 6) is -0.308. The van der Waals surface area contributed by atoms with Crippen molar-refractivity contribution >= 4 is 23.9 Å². The topological polar surface area (TPSA) is 38.7 Å². The summed E-state index contributed by atoms with van der Waals surface area (Å²) in [6, 6.07) is 17.0. The minimum atomic E-state index is -0.308. The summed E-state index contributed by atoms with van der Waals surface area (Å²) in [5, 5.41) is 0. The van der Waals surface area contributed by atoms with Gasteiger partial charge in [0.05, 0.1) is 17.9 Å². The quantitative estimate of drug-likeness (QED) is 0.605. The molecule has 0 heterocycles. The first-order chi connectivity index (χ1) is 10.3. The SMILES string of the molecule is CCOC(=O)c1ccc(N=C/C=C\c2ccccc2)cc1. The minimum Gasteiger partial charge on any atom is -0.462 e. The van der Waals surface area contributed by atoms with E-state index in [4.69, 9.17) is 4.74 Å². The van der Waals surface area contributed by atoms with E-state index >= 15 is 0 Å². The Morgan fingerprint density at radius 2 is 1.81 bits per heavy atom. The van der Waals surface area contributed by atoms with E-state index in [9.17, 15) is 4.79 Å². The molecule has 0 fully saturated rings. The van der Waals surface area contributed by atoms with Gasteiger partial charge >= 0.3 is 5.97 Å². The van der Waals surface area contributed by atoms with Crippen LogP contribution in [0.3, 0.4) is 0 Å². The van der Waals surface area contributed by atoms with Crippen molar-refractivity contribution < 1.29 is 9.53 Å². The Labute approximate surface area is 124 Å². The third-order valence-electron chi connectivity index (χ3n) is 2.78. The van der Waals surface area contributed by atoms with Gasteiger partial charge in [0.2, 0.25) is 0 Å². The maximum atomic E-state index is 11.5. The van der Waals surface area contributed by atoms with Crippen molar-refractivity contribution in [2.24, 2.45) is 4.99 Å². The van der Waals surface area contributed by atoms with Crippen molar-refractivity contribution in [3.05, 3.63) is 71.8 Å². The van der Waals surface area contributed by atoms with E-state index < -0.39 is 0 Å². The van der Waals surface area contributed by atoms with Gasteiger partial charge in [-0.15, -0.1) is 0 Å². The molecule has 0 spiro atoms. The molecule has 0 N–H and O–H groups in total. The Bertz CT molecular complexity index is 628. The molecule has 0 aliphatic carbocycles. The molecular weight excluding hydrogens is 262 g/mol. The number of carbonyl (C=O) groups is 1. The lowest BCUT2D eigenvalue weighted by atomic mass is 10.2. The molecule has 0 aliphatic rings. The molecule has 0 aromatic heterocycles. The summed E-state index contributed by atoms with van der Waals surface area (Å²) in [4.78, 5) is 15.8. The first-order valence-corrected chi connectivity index (χ1v) is 6.82. The standard InChI is InChI=1S/C18H17NO2/c1-2-21-18(20)16-10-12-17(13-11-16)19-14-6-9-15-7-4-3-5-8-15/h3-14H,2H2,1H3/b9-6-,19-14?. The number of rotatable bonds is 5. The van der Waals surface area contributed by atoms with Crippen LogP contribution in [-0.4, -0.2) is 18.8 Å². The number of benzene rings is 2. The van der Waals surface area contributed by atoms with Crippen molar-refractivity contribution in [2.45, 2.75) is 6.92 Å². The molecular formula is C18H17NO2. The molecule has 0 saturated heterocycles. The summed E-state index contributed by atoms with van der Waals surface area (Å²) < 4.78 is 4.93. The fourth-order valence-corrected chi connectivity index (χ4v) is 1.75. The maximum Gasteiger partial charge on any atom is 0.338 e. The second kappa shape index (κ2) is 7.80. The molecule has 2 aromatic carbocycles. The second-order valence-electron chi connectivity index (χ2n) is 4.32. The Balaban J connectivity index is 1.95. The molecule has 0 radical (unpaired) electrons. The van der Waals surface area contributed by atoms with E-state index in [1.165, 1.54) is 0 Å². The van der Waals surface area contributed by atoms with Crippen molar-refractivity contribution in [3.8, 4) is 0 Å². The smallest absolute Gasteiger partial charge is 0.338 e. The van der Waals surface area contributed by atoms with Gasteiger partial charge in [-0.3, -0.25) is 4.99 Å². The van der Waals surface area contributed by atoms with E-state index in [1.54, 1.807) is 37.4 Å². The first-order valence-electron chi connectivity index (χ1n) is 6.82. The van der Waals surface area contributed by atoms with Crippen LogP contribution in [0.1, 0.15) is 22.8 Å². The molecule has 0 amide bonds. The van der Waals surface area contributed by atoms with Gasteiger partial charge in [-0.2, -0.15) is 0 Å². The third kappa shape index (κ3) is 4.73. The summed E-state index contributed by atoms with van der Waals surface area (Å²) in [7, 11) is 0. The average molecular weight is 279 g/mol. The zero-order valence-corrected chi connectivity index (χ0v) is 11.9. The molecule has 0 unspecified atom stereocenters. The van der Waals surface area contributed by atoms with Crippen LogP contribution in [0.15, 0.2) is 65.7 Å². The van der Waals surface area contributed by atoms with E-state index in [2.05, 4.69) is 4.99 Å². The van der Waals surface area contributed by atoms with Crippen LogP contribution in [0.25, 0.3) is 6.08 Å². The maximum absolute atomic E-state index is 11.5. The van der Waals surface area contributed by atoms with Gasteiger partial charge in [0.15, 0.2) is 0 Å². The van der Waals surface area contributed by atoms with Crippen LogP contribution in [0, 0.1) is 0 Å². The van der Waals surface area contributed by atoms with Crippen molar-refractivity contribution in [2.75, 3.05) is 6.61 Å². The Morgan fingerprint density at radius 3 is 2.48 bits per heavy atom. The van der Waals surface area contributed by atoms with Crippen LogP contribution in [-0.2, 0) is 4.74 Å². The van der Waals surface area contributed by atoms with Gasteiger partial charge in [0, 0.05) is 6.21 Å². The largest absolute Gasteiger partial charge is 0.462 e. The number of aliphatic imine (C=N–C) groups is 1. The second-order valence-corrected chi connectivity index (χ2v) is 4.32. The lowest BCUT2D eigenvalue weighted by molar-refractivity contribution is 0.0526. The molecule has 0 aliphatic heterocycles.